The number of thiazole rings is 1. The Labute approximate surface area is 119 Å². The molecular weight excluding hydrogens is 285 g/mol. The molecule has 0 aliphatic heterocycles. The minimum Gasteiger partial charge on any atom is -0.330 e. The highest BCUT2D eigenvalue weighted by molar-refractivity contribution is 7.09. The zero-order valence-corrected chi connectivity index (χ0v) is 11.6. The molecule has 0 atom stereocenters. The van der Waals surface area contributed by atoms with Gasteiger partial charge in [0.2, 0.25) is 0 Å². The zero-order valence-electron chi connectivity index (χ0n) is 10.8. The van der Waals surface area contributed by atoms with E-state index >= 15 is 0 Å². The lowest BCUT2D eigenvalue weighted by molar-refractivity contribution is -0.137. The minimum atomic E-state index is -4.30. The van der Waals surface area contributed by atoms with Crippen molar-refractivity contribution in [1.29, 1.82) is 0 Å². The maximum atomic E-state index is 12.5. The van der Waals surface area contributed by atoms with Crippen molar-refractivity contribution < 1.29 is 13.2 Å². The first kappa shape index (κ1) is 15.0. The number of nitrogens with two attached hydrogens (primary N) is 1. The number of benzene rings is 1. The van der Waals surface area contributed by atoms with E-state index in [1.807, 2.05) is 5.38 Å². The van der Waals surface area contributed by atoms with Crippen LogP contribution in [0.25, 0.3) is 11.3 Å². The summed E-state index contributed by atoms with van der Waals surface area (Å²) >= 11 is 1.53. The summed E-state index contributed by atoms with van der Waals surface area (Å²) in [7, 11) is 0. The molecule has 0 saturated carbocycles. The third-order valence-corrected chi connectivity index (χ3v) is 3.81. The number of rotatable bonds is 5. The lowest BCUT2D eigenvalue weighted by atomic mass is 10.1. The third-order valence-electron chi connectivity index (χ3n) is 2.90. The van der Waals surface area contributed by atoms with Gasteiger partial charge in [0.05, 0.1) is 16.3 Å². The van der Waals surface area contributed by atoms with Gasteiger partial charge in [-0.25, -0.2) is 4.98 Å². The number of unbranched alkanes of at least 4 members (excludes halogenated alkanes) is 1. The van der Waals surface area contributed by atoms with Crippen molar-refractivity contribution in [3.8, 4) is 11.3 Å². The van der Waals surface area contributed by atoms with Crippen LogP contribution in [0.3, 0.4) is 0 Å². The Bertz CT molecular complexity index is 546. The molecule has 0 saturated heterocycles. The highest BCUT2D eigenvalue weighted by Crippen LogP contribution is 2.31. The van der Waals surface area contributed by atoms with Gasteiger partial charge in [-0.15, -0.1) is 11.3 Å². The van der Waals surface area contributed by atoms with E-state index in [-0.39, 0.29) is 0 Å². The van der Waals surface area contributed by atoms with E-state index in [0.29, 0.717) is 12.1 Å². The highest BCUT2D eigenvalue weighted by Gasteiger charge is 2.30. The lowest BCUT2D eigenvalue weighted by Gasteiger charge is -2.06. The van der Waals surface area contributed by atoms with E-state index < -0.39 is 11.7 Å². The van der Waals surface area contributed by atoms with Crippen molar-refractivity contribution in [3.63, 3.8) is 0 Å². The second kappa shape index (κ2) is 6.37. The van der Waals surface area contributed by atoms with Crippen molar-refractivity contribution in [1.82, 2.24) is 4.98 Å². The lowest BCUT2D eigenvalue weighted by Crippen LogP contribution is -2.04. The Balaban J connectivity index is 2.08. The van der Waals surface area contributed by atoms with Crippen LogP contribution in [0, 0.1) is 0 Å². The topological polar surface area (TPSA) is 38.9 Å². The van der Waals surface area contributed by atoms with Crippen LogP contribution >= 0.6 is 11.3 Å². The van der Waals surface area contributed by atoms with Gasteiger partial charge >= 0.3 is 6.18 Å². The average molecular weight is 300 g/mol. The van der Waals surface area contributed by atoms with Gasteiger partial charge in [0.15, 0.2) is 0 Å². The second-order valence-corrected chi connectivity index (χ2v) is 5.39. The maximum Gasteiger partial charge on any atom is 0.416 e. The Morgan fingerprint density at radius 3 is 2.40 bits per heavy atom. The van der Waals surface area contributed by atoms with E-state index in [4.69, 9.17) is 5.73 Å². The molecule has 0 unspecified atom stereocenters. The SMILES string of the molecule is NCCCCc1nc(-c2ccc(C(F)(F)F)cc2)cs1. The van der Waals surface area contributed by atoms with Gasteiger partial charge in [-0.2, -0.15) is 13.2 Å². The standard InChI is InChI=1S/C14H15F3N2S/c15-14(16,17)11-6-4-10(5-7-11)12-9-20-13(19-12)3-1-2-8-18/h4-7,9H,1-3,8,18H2. The number of hydrogen-bond donors (Lipinski definition) is 1. The monoisotopic (exact) mass is 300 g/mol. The Hall–Kier alpha value is -1.40. The first-order valence-electron chi connectivity index (χ1n) is 6.33. The van der Waals surface area contributed by atoms with E-state index in [1.54, 1.807) is 0 Å². The first-order valence-corrected chi connectivity index (χ1v) is 7.21. The Morgan fingerprint density at radius 1 is 1.10 bits per heavy atom. The van der Waals surface area contributed by atoms with E-state index in [2.05, 4.69) is 4.98 Å². The molecule has 0 fully saturated rings. The summed E-state index contributed by atoms with van der Waals surface area (Å²) in [6.07, 6.45) is -1.50. The molecule has 1 aromatic heterocycles. The summed E-state index contributed by atoms with van der Waals surface area (Å²) in [6, 6.07) is 5.09. The largest absolute Gasteiger partial charge is 0.416 e. The highest BCUT2D eigenvalue weighted by atomic mass is 32.1. The van der Waals surface area contributed by atoms with Crippen LogP contribution in [-0.4, -0.2) is 11.5 Å². The summed E-state index contributed by atoms with van der Waals surface area (Å²) in [4.78, 5) is 4.44. The van der Waals surface area contributed by atoms with Crippen molar-refractivity contribution >= 4 is 11.3 Å². The molecular formula is C14H15F3N2S. The fraction of sp³-hybridized carbons (Fsp3) is 0.357. The number of aromatic nitrogens is 1. The minimum absolute atomic E-state index is 0.639. The molecule has 1 aromatic carbocycles. The van der Waals surface area contributed by atoms with Crippen LogP contribution < -0.4 is 5.73 Å². The normalized spacial score (nSPS) is 11.8. The molecule has 0 bridgehead atoms. The summed E-state index contributed by atoms with van der Waals surface area (Å²) in [5.41, 5.74) is 6.23. The molecule has 108 valence electrons. The van der Waals surface area contributed by atoms with Crippen molar-refractivity contribution in [3.05, 3.63) is 40.2 Å². The molecule has 0 radical (unpaired) electrons. The molecule has 6 heteroatoms. The van der Waals surface area contributed by atoms with E-state index in [0.717, 1.165) is 42.1 Å². The summed E-state index contributed by atoms with van der Waals surface area (Å²) in [6.45, 7) is 0.664. The van der Waals surface area contributed by atoms with Crippen molar-refractivity contribution in [2.24, 2.45) is 5.73 Å². The van der Waals surface area contributed by atoms with E-state index in [1.165, 1.54) is 23.5 Å². The number of halogens is 3. The smallest absolute Gasteiger partial charge is 0.330 e. The van der Waals surface area contributed by atoms with Gasteiger partial charge in [0, 0.05) is 10.9 Å². The first-order chi connectivity index (χ1) is 9.50. The molecule has 1 heterocycles. The number of aryl methyl sites for hydroxylation is 1. The van der Waals surface area contributed by atoms with Crippen molar-refractivity contribution in [2.45, 2.75) is 25.4 Å². The van der Waals surface area contributed by atoms with Gasteiger partial charge in [-0.3, -0.25) is 0 Å². The van der Waals surface area contributed by atoms with Crippen LogP contribution in [0.1, 0.15) is 23.4 Å². The molecule has 20 heavy (non-hydrogen) atoms. The number of hydrogen-bond acceptors (Lipinski definition) is 3. The van der Waals surface area contributed by atoms with Crippen LogP contribution in [0.5, 0.6) is 0 Å². The Kier molecular flexibility index (Phi) is 4.77. The predicted molar refractivity (Wildman–Crippen MR) is 74.5 cm³/mol. The van der Waals surface area contributed by atoms with Crippen LogP contribution in [-0.2, 0) is 12.6 Å². The summed E-state index contributed by atoms with van der Waals surface area (Å²) in [5, 5.41) is 2.87. The maximum absolute atomic E-state index is 12.5. The molecule has 2 nitrogen and oxygen atoms in total. The van der Waals surface area contributed by atoms with E-state index in [9.17, 15) is 13.2 Å². The van der Waals surface area contributed by atoms with Gasteiger partial charge in [0.1, 0.15) is 0 Å². The fourth-order valence-corrected chi connectivity index (χ4v) is 2.66. The average Bonchev–Trinajstić information content (AvgIpc) is 2.87. The Morgan fingerprint density at radius 2 is 1.80 bits per heavy atom. The number of alkyl halides is 3. The number of nitrogens with zero attached hydrogens (tertiary/aromatic N) is 1. The second-order valence-electron chi connectivity index (χ2n) is 4.45. The van der Waals surface area contributed by atoms with Crippen molar-refractivity contribution in [2.75, 3.05) is 6.54 Å². The third kappa shape index (κ3) is 3.80. The van der Waals surface area contributed by atoms with Gasteiger partial charge in [-0.05, 0) is 37.9 Å². The summed E-state index contributed by atoms with van der Waals surface area (Å²) in [5.74, 6) is 0. The molecule has 0 aliphatic carbocycles. The molecule has 2 aromatic rings. The molecule has 0 amide bonds. The van der Waals surface area contributed by atoms with Gasteiger partial charge in [-0.1, -0.05) is 12.1 Å². The van der Waals surface area contributed by atoms with Crippen LogP contribution in [0.15, 0.2) is 29.6 Å². The molecule has 0 aliphatic rings. The molecule has 2 N–H and O–H groups in total. The quantitative estimate of drug-likeness (QED) is 0.844. The molecule has 0 spiro atoms. The van der Waals surface area contributed by atoms with Crippen LogP contribution in [0.2, 0.25) is 0 Å². The fourth-order valence-electron chi connectivity index (χ4n) is 1.81. The van der Waals surface area contributed by atoms with Gasteiger partial charge in [0.25, 0.3) is 0 Å². The van der Waals surface area contributed by atoms with Crippen LogP contribution in [0.4, 0.5) is 13.2 Å². The zero-order chi connectivity index (χ0) is 14.6. The molecule has 2 rings (SSSR count). The van der Waals surface area contributed by atoms with Gasteiger partial charge < -0.3 is 5.73 Å². The predicted octanol–water partition coefficient (Wildman–Crippen LogP) is 4.11. The summed E-state index contributed by atoms with van der Waals surface area (Å²) < 4.78 is 37.4.